The molecule has 0 aromatic heterocycles. The van der Waals surface area contributed by atoms with Crippen molar-refractivity contribution < 1.29 is 4.79 Å². The molecule has 0 spiro atoms. The zero-order chi connectivity index (χ0) is 13.2. The van der Waals surface area contributed by atoms with Gasteiger partial charge in [0.1, 0.15) is 0 Å². The van der Waals surface area contributed by atoms with Crippen LogP contribution in [0.25, 0.3) is 0 Å². The van der Waals surface area contributed by atoms with E-state index in [2.05, 4.69) is 21.8 Å². The fourth-order valence-corrected chi connectivity index (χ4v) is 3.31. The van der Waals surface area contributed by atoms with Crippen LogP contribution >= 0.6 is 0 Å². The van der Waals surface area contributed by atoms with Crippen molar-refractivity contribution in [3.05, 3.63) is 0 Å². The summed E-state index contributed by atoms with van der Waals surface area (Å²) in [4.78, 5) is 23.7. The molecule has 3 aliphatic rings. The molecule has 1 saturated carbocycles. The Balaban J connectivity index is 1.65. The number of nitrogens with zero attached hydrogens (tertiary/aromatic N) is 4. The summed E-state index contributed by atoms with van der Waals surface area (Å²) >= 11 is 0. The van der Waals surface area contributed by atoms with E-state index in [0.29, 0.717) is 5.91 Å². The van der Waals surface area contributed by atoms with Crippen LogP contribution in [0.5, 0.6) is 0 Å². The summed E-state index contributed by atoms with van der Waals surface area (Å²) in [6, 6.07) is 0. The number of hydrogen-bond donors (Lipinski definition) is 0. The zero-order valence-electron chi connectivity index (χ0n) is 11.8. The van der Waals surface area contributed by atoms with E-state index in [1.807, 2.05) is 4.90 Å². The van der Waals surface area contributed by atoms with E-state index in [9.17, 15) is 4.79 Å². The van der Waals surface area contributed by atoms with E-state index >= 15 is 0 Å². The van der Waals surface area contributed by atoms with Gasteiger partial charge in [-0.15, -0.1) is 0 Å². The van der Waals surface area contributed by atoms with Crippen molar-refractivity contribution in [2.24, 2.45) is 10.9 Å². The number of guanidine groups is 1. The molecule has 0 aromatic rings. The largest absolute Gasteiger partial charge is 0.340 e. The Kier molecular flexibility index (Phi) is 3.73. The van der Waals surface area contributed by atoms with Gasteiger partial charge >= 0.3 is 0 Å². The molecule has 1 amide bonds. The highest BCUT2D eigenvalue weighted by Crippen LogP contribution is 2.27. The third-order valence-corrected chi connectivity index (χ3v) is 4.57. The minimum Gasteiger partial charge on any atom is -0.340 e. The first-order valence-corrected chi connectivity index (χ1v) is 7.55. The average Bonchev–Trinajstić information content (AvgIpc) is 3.10. The Morgan fingerprint density at radius 2 is 1.79 bits per heavy atom. The molecule has 1 saturated heterocycles. The van der Waals surface area contributed by atoms with Gasteiger partial charge in [-0.1, -0.05) is 12.8 Å². The summed E-state index contributed by atoms with van der Waals surface area (Å²) < 4.78 is 0. The van der Waals surface area contributed by atoms with Crippen LogP contribution in [0.15, 0.2) is 4.99 Å². The number of carbonyl (C=O) groups is 1. The average molecular weight is 264 g/mol. The molecule has 2 heterocycles. The van der Waals surface area contributed by atoms with E-state index < -0.39 is 0 Å². The topological polar surface area (TPSA) is 39.1 Å². The minimum absolute atomic E-state index is 0.260. The van der Waals surface area contributed by atoms with Gasteiger partial charge in [-0.2, -0.15) is 0 Å². The summed E-state index contributed by atoms with van der Waals surface area (Å²) in [7, 11) is 2.15. The molecule has 5 heteroatoms. The number of likely N-dealkylation sites (N-methyl/N-ethyl adjacent to an activating group) is 1. The maximum atomic E-state index is 12.6. The van der Waals surface area contributed by atoms with Gasteiger partial charge < -0.3 is 9.80 Å². The highest BCUT2D eigenvalue weighted by molar-refractivity contribution is 5.99. The molecule has 1 aliphatic carbocycles. The second-order valence-electron chi connectivity index (χ2n) is 5.94. The lowest BCUT2D eigenvalue weighted by Gasteiger charge is -2.36. The van der Waals surface area contributed by atoms with Crippen molar-refractivity contribution in [3.63, 3.8) is 0 Å². The Bertz CT molecular complexity index is 368. The first-order chi connectivity index (χ1) is 9.25. The summed E-state index contributed by atoms with van der Waals surface area (Å²) in [6.07, 6.45) is 4.58. The molecule has 0 aromatic carbocycles. The highest BCUT2D eigenvalue weighted by atomic mass is 16.2. The molecule has 0 unspecified atom stereocenters. The second-order valence-corrected chi connectivity index (χ2v) is 5.94. The predicted molar refractivity (Wildman–Crippen MR) is 75.0 cm³/mol. The highest BCUT2D eigenvalue weighted by Gasteiger charge is 2.34. The SMILES string of the molecule is CN1CCN(C2=NCCN2C(=O)C2CCCC2)CC1. The summed E-state index contributed by atoms with van der Waals surface area (Å²) in [5.41, 5.74) is 0. The van der Waals surface area contributed by atoms with Gasteiger partial charge in [0, 0.05) is 38.6 Å². The third kappa shape index (κ3) is 2.61. The first-order valence-electron chi connectivity index (χ1n) is 7.55. The maximum absolute atomic E-state index is 12.6. The minimum atomic E-state index is 0.260. The molecule has 2 fully saturated rings. The number of carbonyl (C=O) groups excluding carboxylic acids is 1. The quantitative estimate of drug-likeness (QED) is 0.697. The lowest BCUT2D eigenvalue weighted by molar-refractivity contribution is -0.131. The number of hydrogen-bond acceptors (Lipinski definition) is 4. The third-order valence-electron chi connectivity index (χ3n) is 4.57. The normalized spacial score (nSPS) is 26.1. The lowest BCUT2D eigenvalue weighted by atomic mass is 10.1. The van der Waals surface area contributed by atoms with Crippen LogP contribution in [-0.4, -0.2) is 72.9 Å². The summed E-state index contributed by atoms with van der Waals surface area (Å²) in [6.45, 7) is 5.67. The van der Waals surface area contributed by atoms with Crippen LogP contribution in [-0.2, 0) is 4.79 Å². The van der Waals surface area contributed by atoms with Gasteiger partial charge in [-0.25, -0.2) is 0 Å². The van der Waals surface area contributed by atoms with E-state index in [0.717, 1.165) is 58.1 Å². The molecule has 0 bridgehead atoms. The van der Waals surface area contributed by atoms with E-state index in [4.69, 9.17) is 0 Å². The second kappa shape index (κ2) is 5.49. The molecule has 0 N–H and O–H groups in total. The zero-order valence-corrected chi connectivity index (χ0v) is 11.8. The van der Waals surface area contributed by atoms with Gasteiger partial charge in [-0.3, -0.25) is 14.7 Å². The van der Waals surface area contributed by atoms with Crippen LogP contribution in [0.3, 0.4) is 0 Å². The predicted octanol–water partition coefficient (Wildman–Crippen LogP) is 0.622. The van der Waals surface area contributed by atoms with Crippen LogP contribution in [0.1, 0.15) is 25.7 Å². The number of piperazine rings is 1. The summed E-state index contributed by atoms with van der Waals surface area (Å²) in [5, 5.41) is 0. The molecule has 2 aliphatic heterocycles. The van der Waals surface area contributed by atoms with Crippen molar-refractivity contribution in [2.45, 2.75) is 25.7 Å². The van der Waals surface area contributed by atoms with Gasteiger partial charge in [-0.05, 0) is 19.9 Å². The van der Waals surface area contributed by atoms with Crippen LogP contribution < -0.4 is 0 Å². The number of rotatable bonds is 1. The van der Waals surface area contributed by atoms with Crippen molar-refractivity contribution >= 4 is 11.9 Å². The lowest BCUT2D eigenvalue weighted by Crippen LogP contribution is -2.53. The van der Waals surface area contributed by atoms with E-state index in [-0.39, 0.29) is 5.92 Å². The van der Waals surface area contributed by atoms with Gasteiger partial charge in [0.05, 0.1) is 6.54 Å². The van der Waals surface area contributed by atoms with E-state index in [1.54, 1.807) is 0 Å². The monoisotopic (exact) mass is 264 g/mol. The fourth-order valence-electron chi connectivity index (χ4n) is 3.31. The van der Waals surface area contributed by atoms with Crippen molar-refractivity contribution in [3.8, 4) is 0 Å². The summed E-state index contributed by atoms with van der Waals surface area (Å²) in [5.74, 6) is 1.54. The molecular weight excluding hydrogens is 240 g/mol. The van der Waals surface area contributed by atoms with Crippen LogP contribution in [0.2, 0.25) is 0 Å². The van der Waals surface area contributed by atoms with Crippen molar-refractivity contribution in [2.75, 3.05) is 46.3 Å². The van der Waals surface area contributed by atoms with Gasteiger partial charge in [0.25, 0.3) is 0 Å². The molecule has 19 heavy (non-hydrogen) atoms. The Morgan fingerprint density at radius 1 is 1.11 bits per heavy atom. The standard InChI is InChI=1S/C14H24N4O/c1-16-8-10-17(11-9-16)14-15-6-7-18(14)13(19)12-4-2-3-5-12/h12H,2-11H2,1H3. The molecule has 3 rings (SSSR count). The van der Waals surface area contributed by atoms with Gasteiger partial charge in [0.2, 0.25) is 11.9 Å². The maximum Gasteiger partial charge on any atom is 0.232 e. The molecule has 0 atom stereocenters. The van der Waals surface area contributed by atoms with Crippen LogP contribution in [0, 0.1) is 5.92 Å². The van der Waals surface area contributed by atoms with Crippen molar-refractivity contribution in [1.29, 1.82) is 0 Å². The smallest absolute Gasteiger partial charge is 0.232 e. The molecular formula is C14H24N4O. The molecule has 106 valence electrons. The Hall–Kier alpha value is -1.10. The first kappa shape index (κ1) is 12.9. The number of aliphatic imine (C=N–C) groups is 1. The number of amides is 1. The van der Waals surface area contributed by atoms with Gasteiger partial charge in [0.15, 0.2) is 0 Å². The van der Waals surface area contributed by atoms with E-state index in [1.165, 1.54) is 12.8 Å². The fraction of sp³-hybridized carbons (Fsp3) is 0.857. The Morgan fingerprint density at radius 3 is 2.47 bits per heavy atom. The molecule has 5 nitrogen and oxygen atoms in total. The van der Waals surface area contributed by atoms with Crippen LogP contribution in [0.4, 0.5) is 0 Å². The van der Waals surface area contributed by atoms with Crippen molar-refractivity contribution in [1.82, 2.24) is 14.7 Å². The Labute approximate surface area is 115 Å². The molecule has 0 radical (unpaired) electrons.